The lowest BCUT2D eigenvalue weighted by Gasteiger charge is -2.24. The highest BCUT2D eigenvalue weighted by Crippen LogP contribution is 2.33. The van der Waals surface area contributed by atoms with Crippen LogP contribution in [0.3, 0.4) is 0 Å². The van der Waals surface area contributed by atoms with Gasteiger partial charge in [-0.25, -0.2) is 0 Å². The van der Waals surface area contributed by atoms with Crippen LogP contribution in [0, 0.1) is 5.92 Å². The molecule has 0 bridgehead atoms. The Morgan fingerprint density at radius 2 is 2.24 bits per heavy atom. The number of fused-ring (bicyclic) bond motifs is 1. The number of pyridine rings is 1. The summed E-state index contributed by atoms with van der Waals surface area (Å²) in [6.07, 6.45) is 9.55. The Balaban J connectivity index is 1.72. The molecule has 0 radical (unpaired) electrons. The van der Waals surface area contributed by atoms with E-state index >= 15 is 0 Å². The van der Waals surface area contributed by atoms with E-state index < -0.39 is 0 Å². The molecule has 0 spiro atoms. The molecule has 90 valence electrons. The minimum absolute atomic E-state index is 0.0206. The minimum Gasteiger partial charge on any atom is -0.304 e. The van der Waals surface area contributed by atoms with Crippen molar-refractivity contribution in [3.63, 3.8) is 0 Å². The van der Waals surface area contributed by atoms with Gasteiger partial charge in [0.2, 0.25) is 0 Å². The van der Waals surface area contributed by atoms with Gasteiger partial charge in [0.15, 0.2) is 5.78 Å². The van der Waals surface area contributed by atoms with Crippen LogP contribution in [0.25, 0.3) is 0 Å². The number of nitrogens with one attached hydrogen (secondary N) is 1. The fourth-order valence-corrected chi connectivity index (χ4v) is 3.23. The second-order valence-electron chi connectivity index (χ2n) is 5.21. The normalized spacial score (nSPS) is 32.1. The molecule has 3 heteroatoms. The number of aromatic nitrogens is 1. The zero-order chi connectivity index (χ0) is 11.7. The quantitative estimate of drug-likeness (QED) is 0.792. The Labute approximate surface area is 102 Å². The van der Waals surface area contributed by atoms with Crippen molar-refractivity contribution in [1.29, 1.82) is 0 Å². The SMILES string of the molecule is O=C(c1cccnc1)C1CC2CCCCC2N1. The average molecular weight is 230 g/mol. The minimum atomic E-state index is 0.0206. The van der Waals surface area contributed by atoms with Crippen molar-refractivity contribution in [3.05, 3.63) is 30.1 Å². The standard InChI is InChI=1S/C14H18N2O/c17-14(11-5-3-7-15-9-11)13-8-10-4-1-2-6-12(10)16-13/h3,5,7,9-10,12-13,16H,1-2,4,6,8H2. The fourth-order valence-electron chi connectivity index (χ4n) is 3.23. The molecule has 3 unspecified atom stereocenters. The lowest BCUT2D eigenvalue weighted by molar-refractivity contribution is 0.0948. The van der Waals surface area contributed by atoms with Crippen molar-refractivity contribution in [2.24, 2.45) is 5.92 Å². The van der Waals surface area contributed by atoms with Gasteiger partial charge in [-0.3, -0.25) is 9.78 Å². The highest BCUT2D eigenvalue weighted by atomic mass is 16.1. The third-order valence-corrected chi connectivity index (χ3v) is 4.13. The number of carbonyl (C=O) groups is 1. The molecule has 2 heterocycles. The summed E-state index contributed by atoms with van der Waals surface area (Å²) in [5.74, 6) is 0.932. The Morgan fingerprint density at radius 1 is 1.35 bits per heavy atom. The number of hydrogen-bond acceptors (Lipinski definition) is 3. The molecule has 0 amide bonds. The first kappa shape index (κ1) is 10.9. The summed E-state index contributed by atoms with van der Waals surface area (Å²) in [6.45, 7) is 0. The molecular weight excluding hydrogens is 212 g/mol. The Morgan fingerprint density at radius 3 is 3.00 bits per heavy atom. The second-order valence-corrected chi connectivity index (χ2v) is 5.21. The molecule has 2 aliphatic rings. The van der Waals surface area contributed by atoms with Gasteiger partial charge in [0.25, 0.3) is 0 Å². The van der Waals surface area contributed by atoms with Gasteiger partial charge < -0.3 is 5.32 Å². The molecule has 3 rings (SSSR count). The summed E-state index contributed by atoms with van der Waals surface area (Å²) in [5, 5.41) is 3.51. The monoisotopic (exact) mass is 230 g/mol. The number of rotatable bonds is 2. The molecule has 1 aromatic rings. The average Bonchev–Trinajstić information content (AvgIpc) is 2.82. The third-order valence-electron chi connectivity index (χ3n) is 4.13. The summed E-state index contributed by atoms with van der Waals surface area (Å²) < 4.78 is 0. The van der Waals surface area contributed by atoms with E-state index in [-0.39, 0.29) is 11.8 Å². The molecule has 1 saturated carbocycles. The van der Waals surface area contributed by atoms with Gasteiger partial charge in [0, 0.05) is 24.0 Å². The summed E-state index contributed by atoms with van der Waals surface area (Å²) in [6, 6.07) is 4.29. The maximum atomic E-state index is 12.3. The molecule has 1 aromatic heterocycles. The summed E-state index contributed by atoms with van der Waals surface area (Å²) in [4.78, 5) is 16.3. The van der Waals surface area contributed by atoms with Crippen LogP contribution in [0.2, 0.25) is 0 Å². The van der Waals surface area contributed by atoms with Crippen molar-refractivity contribution in [2.75, 3.05) is 0 Å². The molecule has 17 heavy (non-hydrogen) atoms. The van der Waals surface area contributed by atoms with Crippen LogP contribution in [0.5, 0.6) is 0 Å². The van der Waals surface area contributed by atoms with Gasteiger partial charge >= 0.3 is 0 Å². The van der Waals surface area contributed by atoms with Crippen LogP contribution in [-0.2, 0) is 0 Å². The maximum absolute atomic E-state index is 12.3. The first-order valence-electron chi connectivity index (χ1n) is 6.55. The Hall–Kier alpha value is -1.22. The lowest BCUT2D eigenvalue weighted by Crippen LogP contribution is -2.37. The number of ketones is 1. The second kappa shape index (κ2) is 4.57. The molecule has 1 aliphatic heterocycles. The van der Waals surface area contributed by atoms with Crippen LogP contribution < -0.4 is 5.32 Å². The third kappa shape index (κ3) is 2.12. The number of nitrogens with zero attached hydrogens (tertiary/aromatic N) is 1. The number of Topliss-reactive ketones (excluding diaryl/α,β-unsaturated/α-hetero) is 1. The molecule has 0 aromatic carbocycles. The zero-order valence-corrected chi connectivity index (χ0v) is 9.93. The van der Waals surface area contributed by atoms with Crippen LogP contribution in [0.4, 0.5) is 0 Å². The fraction of sp³-hybridized carbons (Fsp3) is 0.571. The molecule has 3 nitrogen and oxygen atoms in total. The van der Waals surface area contributed by atoms with Crippen LogP contribution in [0.15, 0.2) is 24.5 Å². The van der Waals surface area contributed by atoms with Crippen molar-refractivity contribution in [2.45, 2.75) is 44.2 Å². The van der Waals surface area contributed by atoms with E-state index in [4.69, 9.17) is 0 Å². The van der Waals surface area contributed by atoms with Crippen molar-refractivity contribution < 1.29 is 4.79 Å². The maximum Gasteiger partial charge on any atom is 0.181 e. The Kier molecular flexibility index (Phi) is 2.93. The van der Waals surface area contributed by atoms with E-state index in [9.17, 15) is 4.79 Å². The van der Waals surface area contributed by atoms with Gasteiger partial charge in [0.1, 0.15) is 0 Å². The van der Waals surface area contributed by atoms with Gasteiger partial charge in [-0.2, -0.15) is 0 Å². The summed E-state index contributed by atoms with van der Waals surface area (Å²) in [7, 11) is 0. The van der Waals surface area contributed by atoms with Gasteiger partial charge in [-0.1, -0.05) is 12.8 Å². The van der Waals surface area contributed by atoms with Crippen molar-refractivity contribution in [1.82, 2.24) is 10.3 Å². The topological polar surface area (TPSA) is 42.0 Å². The van der Waals surface area contributed by atoms with E-state index in [2.05, 4.69) is 10.3 Å². The van der Waals surface area contributed by atoms with Crippen LogP contribution in [0.1, 0.15) is 42.5 Å². The molecule has 1 N–H and O–H groups in total. The van der Waals surface area contributed by atoms with Crippen molar-refractivity contribution in [3.8, 4) is 0 Å². The first-order chi connectivity index (χ1) is 8.34. The van der Waals surface area contributed by atoms with E-state index in [1.807, 2.05) is 12.1 Å². The molecule has 1 saturated heterocycles. The highest BCUT2D eigenvalue weighted by molar-refractivity contribution is 6.00. The van der Waals surface area contributed by atoms with Crippen LogP contribution in [-0.4, -0.2) is 22.9 Å². The number of hydrogen-bond donors (Lipinski definition) is 1. The van der Waals surface area contributed by atoms with E-state index in [1.165, 1.54) is 25.7 Å². The van der Waals surface area contributed by atoms with E-state index in [0.717, 1.165) is 17.9 Å². The smallest absolute Gasteiger partial charge is 0.181 e. The van der Waals surface area contributed by atoms with Crippen molar-refractivity contribution >= 4 is 5.78 Å². The van der Waals surface area contributed by atoms with Gasteiger partial charge in [-0.15, -0.1) is 0 Å². The van der Waals surface area contributed by atoms with Gasteiger partial charge in [-0.05, 0) is 37.3 Å². The lowest BCUT2D eigenvalue weighted by atomic mass is 9.84. The first-order valence-corrected chi connectivity index (χ1v) is 6.55. The molecule has 3 atom stereocenters. The summed E-state index contributed by atoms with van der Waals surface area (Å²) >= 11 is 0. The van der Waals surface area contributed by atoms with Gasteiger partial charge in [0.05, 0.1) is 6.04 Å². The number of carbonyl (C=O) groups excluding carboxylic acids is 1. The van der Waals surface area contributed by atoms with E-state index in [1.54, 1.807) is 12.4 Å². The molecule has 2 fully saturated rings. The summed E-state index contributed by atoms with van der Waals surface area (Å²) in [5.41, 5.74) is 0.739. The molecular formula is C14H18N2O. The zero-order valence-electron chi connectivity index (χ0n) is 9.93. The highest BCUT2D eigenvalue weighted by Gasteiger charge is 2.38. The predicted molar refractivity (Wildman–Crippen MR) is 65.9 cm³/mol. The largest absolute Gasteiger partial charge is 0.304 e. The molecule has 1 aliphatic carbocycles. The Bertz CT molecular complexity index is 390. The predicted octanol–water partition coefficient (Wildman–Crippen LogP) is 2.19. The van der Waals surface area contributed by atoms with E-state index in [0.29, 0.717) is 6.04 Å². The van der Waals surface area contributed by atoms with Crippen LogP contribution >= 0.6 is 0 Å².